The van der Waals surface area contributed by atoms with Gasteiger partial charge in [-0.05, 0) is 62.6 Å². The summed E-state index contributed by atoms with van der Waals surface area (Å²) in [5, 5.41) is 9.81. The second-order valence-electron chi connectivity index (χ2n) is 9.35. The second kappa shape index (κ2) is 7.28. The van der Waals surface area contributed by atoms with Gasteiger partial charge in [0.25, 0.3) is 0 Å². The summed E-state index contributed by atoms with van der Waals surface area (Å²) in [6, 6.07) is 13.3. The minimum Gasteiger partial charge on any atom is -0.419 e. The predicted octanol–water partition coefficient (Wildman–Crippen LogP) is 4.61. The third-order valence-corrected chi connectivity index (χ3v) is 7.65. The molecule has 5 heteroatoms. The lowest BCUT2D eigenvalue weighted by Crippen LogP contribution is -2.59. The highest BCUT2D eigenvalue weighted by Gasteiger charge is 2.47. The molecule has 0 N–H and O–H groups in total. The Labute approximate surface area is 178 Å². The number of nitriles is 1. The average Bonchev–Trinajstić information content (AvgIpc) is 3.24. The molecule has 4 aliphatic rings. The Bertz CT molecular complexity index is 1000. The Morgan fingerprint density at radius 3 is 2.87 bits per heavy atom. The van der Waals surface area contributed by atoms with Gasteiger partial charge in [0.1, 0.15) is 6.07 Å². The van der Waals surface area contributed by atoms with Gasteiger partial charge >= 0.3 is 0 Å². The van der Waals surface area contributed by atoms with Gasteiger partial charge in [0.05, 0.1) is 6.04 Å². The van der Waals surface area contributed by atoms with Gasteiger partial charge in [-0.15, -0.1) is 0 Å². The maximum Gasteiger partial charge on any atom is 0.235 e. The Morgan fingerprint density at radius 1 is 1.10 bits per heavy atom. The predicted molar refractivity (Wildman–Crippen MR) is 116 cm³/mol. The molecule has 0 saturated carbocycles. The number of oxazole rings is 1. The van der Waals surface area contributed by atoms with Gasteiger partial charge in [0, 0.05) is 24.7 Å². The van der Waals surface area contributed by atoms with Crippen LogP contribution in [0.5, 0.6) is 0 Å². The van der Waals surface area contributed by atoms with Crippen LogP contribution in [0.1, 0.15) is 44.2 Å². The molecular formula is C25H28N4O. The average molecular weight is 401 g/mol. The molecule has 0 radical (unpaired) electrons. The van der Waals surface area contributed by atoms with Crippen LogP contribution in [0.15, 0.2) is 46.4 Å². The molecule has 3 aliphatic heterocycles. The van der Waals surface area contributed by atoms with E-state index in [0.717, 1.165) is 24.6 Å². The zero-order chi connectivity index (χ0) is 20.1. The summed E-state index contributed by atoms with van der Waals surface area (Å²) in [6.45, 7) is 3.36. The third-order valence-electron chi connectivity index (χ3n) is 7.65. The highest BCUT2D eigenvalue weighted by molar-refractivity contribution is 5.60. The third kappa shape index (κ3) is 2.89. The molecule has 3 saturated heterocycles. The maximum atomic E-state index is 9.81. The van der Waals surface area contributed by atoms with Crippen LogP contribution in [-0.2, 0) is 0 Å². The fourth-order valence-corrected chi connectivity index (χ4v) is 6.49. The minimum atomic E-state index is 0.349. The van der Waals surface area contributed by atoms with Crippen molar-refractivity contribution in [2.24, 2.45) is 11.8 Å². The molecule has 30 heavy (non-hydrogen) atoms. The zero-order valence-corrected chi connectivity index (χ0v) is 17.3. The number of hydrogen-bond acceptors (Lipinski definition) is 5. The van der Waals surface area contributed by atoms with Crippen LogP contribution in [0.4, 0.5) is 5.88 Å². The molecule has 0 unspecified atom stereocenters. The molecular weight excluding hydrogens is 372 g/mol. The lowest BCUT2D eigenvalue weighted by molar-refractivity contribution is 0.0306. The lowest BCUT2D eigenvalue weighted by Gasteiger charge is -2.54. The highest BCUT2D eigenvalue weighted by atomic mass is 16.4. The molecule has 3 fully saturated rings. The van der Waals surface area contributed by atoms with Crippen molar-refractivity contribution in [3.8, 4) is 17.5 Å². The largest absolute Gasteiger partial charge is 0.419 e. The van der Waals surface area contributed by atoms with Gasteiger partial charge in [0.2, 0.25) is 17.5 Å². The van der Waals surface area contributed by atoms with Crippen LogP contribution in [0.25, 0.3) is 11.5 Å². The first-order valence-electron chi connectivity index (χ1n) is 11.5. The van der Waals surface area contributed by atoms with Crippen LogP contribution < -0.4 is 4.90 Å². The molecule has 4 heterocycles. The van der Waals surface area contributed by atoms with Crippen molar-refractivity contribution < 1.29 is 4.42 Å². The van der Waals surface area contributed by atoms with E-state index in [4.69, 9.17) is 4.42 Å². The fourth-order valence-electron chi connectivity index (χ4n) is 6.49. The summed E-state index contributed by atoms with van der Waals surface area (Å²) in [4.78, 5) is 9.68. The van der Waals surface area contributed by atoms with Crippen LogP contribution in [0.2, 0.25) is 0 Å². The SMILES string of the molecule is N#Cc1nc(-c2ccccc2)oc1N1CCCC2=C[C@H]3C[C@H](CN4CCCC[C@H]34)[C@@H]21. The highest BCUT2D eigenvalue weighted by Crippen LogP contribution is 2.46. The number of fused-ring (bicyclic) bond motifs is 6. The lowest BCUT2D eigenvalue weighted by atomic mass is 9.68. The van der Waals surface area contributed by atoms with E-state index in [2.05, 4.69) is 26.9 Å². The van der Waals surface area contributed by atoms with E-state index in [1.165, 1.54) is 45.2 Å². The Balaban J connectivity index is 1.38. The number of nitrogens with zero attached hydrogens (tertiary/aromatic N) is 4. The summed E-state index contributed by atoms with van der Waals surface area (Å²) >= 11 is 0. The maximum absolute atomic E-state index is 9.81. The van der Waals surface area contributed by atoms with Crippen molar-refractivity contribution in [2.75, 3.05) is 24.5 Å². The number of piperidine rings is 3. The summed E-state index contributed by atoms with van der Waals surface area (Å²) in [6.07, 6.45) is 10.2. The van der Waals surface area contributed by atoms with Gasteiger partial charge < -0.3 is 9.32 Å². The smallest absolute Gasteiger partial charge is 0.235 e. The zero-order valence-electron chi connectivity index (χ0n) is 17.3. The topological polar surface area (TPSA) is 56.3 Å². The quantitative estimate of drug-likeness (QED) is 0.689. The first-order valence-corrected chi connectivity index (χ1v) is 11.5. The number of aromatic nitrogens is 1. The number of benzene rings is 1. The van der Waals surface area contributed by atoms with Gasteiger partial charge in [-0.1, -0.05) is 36.3 Å². The second-order valence-corrected chi connectivity index (χ2v) is 9.35. The summed E-state index contributed by atoms with van der Waals surface area (Å²) in [5.41, 5.74) is 2.92. The van der Waals surface area contributed by atoms with Gasteiger partial charge in [0.15, 0.2) is 0 Å². The summed E-state index contributed by atoms with van der Waals surface area (Å²) < 4.78 is 6.28. The molecule has 0 amide bonds. The Morgan fingerprint density at radius 2 is 2.00 bits per heavy atom. The van der Waals surface area contributed by atoms with Gasteiger partial charge in [-0.3, -0.25) is 4.90 Å². The van der Waals surface area contributed by atoms with Crippen molar-refractivity contribution in [2.45, 2.75) is 50.6 Å². The van der Waals surface area contributed by atoms with Crippen molar-refractivity contribution >= 4 is 5.88 Å². The van der Waals surface area contributed by atoms with E-state index in [1.807, 2.05) is 30.3 Å². The minimum absolute atomic E-state index is 0.349. The molecule has 1 aromatic carbocycles. The first kappa shape index (κ1) is 18.2. The summed E-state index contributed by atoms with van der Waals surface area (Å²) in [5.74, 6) is 2.54. The van der Waals surface area contributed by atoms with Crippen LogP contribution >= 0.6 is 0 Å². The first-order chi connectivity index (χ1) is 14.8. The number of hydrogen-bond donors (Lipinski definition) is 0. The van der Waals surface area contributed by atoms with Crippen molar-refractivity contribution in [1.29, 1.82) is 5.26 Å². The van der Waals surface area contributed by atoms with Gasteiger partial charge in [-0.2, -0.15) is 10.2 Å². The molecule has 0 spiro atoms. The number of anilines is 1. The molecule has 1 aromatic heterocycles. The fraction of sp³-hybridized carbons (Fsp3) is 0.520. The van der Waals surface area contributed by atoms with Crippen molar-refractivity contribution in [1.82, 2.24) is 9.88 Å². The van der Waals surface area contributed by atoms with Crippen molar-refractivity contribution in [3.05, 3.63) is 47.7 Å². The molecule has 154 valence electrons. The standard InChI is InChI=1S/C25H28N4O/c26-15-21-25(30-24(27-21)17-7-2-1-3-8-17)29-12-6-9-18-13-19-14-20(23(18)29)16-28-11-5-4-10-22(19)28/h1-3,7-8,13,19-20,22-23H,4-6,9-12,14,16H2/t19-,20+,22+,23+/m0/s1. The van der Waals surface area contributed by atoms with E-state index in [1.54, 1.807) is 5.57 Å². The van der Waals surface area contributed by atoms with Crippen LogP contribution in [0, 0.1) is 23.2 Å². The Kier molecular flexibility index (Phi) is 4.42. The van der Waals surface area contributed by atoms with Crippen LogP contribution in [0.3, 0.4) is 0 Å². The van der Waals surface area contributed by atoms with E-state index in [0.29, 0.717) is 35.3 Å². The van der Waals surface area contributed by atoms with E-state index in [-0.39, 0.29) is 0 Å². The molecule has 6 rings (SSSR count). The van der Waals surface area contributed by atoms with E-state index < -0.39 is 0 Å². The number of rotatable bonds is 2. The monoisotopic (exact) mass is 400 g/mol. The van der Waals surface area contributed by atoms with Gasteiger partial charge in [-0.25, -0.2) is 0 Å². The van der Waals surface area contributed by atoms with Crippen LogP contribution in [-0.4, -0.2) is 41.6 Å². The summed E-state index contributed by atoms with van der Waals surface area (Å²) in [7, 11) is 0. The molecule has 1 aliphatic carbocycles. The molecule has 4 atom stereocenters. The molecule has 5 nitrogen and oxygen atoms in total. The molecule has 2 aromatic rings. The van der Waals surface area contributed by atoms with Crippen molar-refractivity contribution in [3.63, 3.8) is 0 Å². The Hall–Kier alpha value is -2.58. The molecule has 2 bridgehead atoms. The van der Waals surface area contributed by atoms with E-state index in [9.17, 15) is 5.26 Å². The normalized spacial score (nSPS) is 30.8. The van der Waals surface area contributed by atoms with E-state index >= 15 is 0 Å².